The Morgan fingerprint density at radius 3 is 2.27 bits per heavy atom. The van der Waals surface area contributed by atoms with Crippen molar-refractivity contribution in [2.24, 2.45) is 0 Å². The van der Waals surface area contributed by atoms with Crippen molar-refractivity contribution in [2.45, 2.75) is 49.6 Å². The number of hydrogen-bond donors (Lipinski definition) is 2. The maximum absolute atomic E-state index is 13.6. The molecular weight excluding hydrogens is 428 g/mol. The molecule has 0 saturated heterocycles. The predicted molar refractivity (Wildman–Crippen MR) is 140 cm³/mol. The zero-order valence-electron chi connectivity index (χ0n) is 19.5. The Balaban J connectivity index is 1.78. The van der Waals surface area contributed by atoms with Gasteiger partial charge in [-0.2, -0.15) is 0 Å². The van der Waals surface area contributed by atoms with Crippen LogP contribution >= 0.6 is 11.8 Å². The summed E-state index contributed by atoms with van der Waals surface area (Å²) in [7, 11) is 0. The van der Waals surface area contributed by atoms with Gasteiger partial charge in [0.25, 0.3) is 0 Å². The van der Waals surface area contributed by atoms with Crippen molar-refractivity contribution in [1.29, 1.82) is 0 Å². The molecule has 0 bridgehead atoms. The standard InChI is InChI=1S/C27H34N4OS/c1-3-13-25(29-22-14-7-5-8-15-22)30-27(32)24(33-26-18-11-12-19-28-26)21-31(20-4-2)23-16-9-6-10-17-23/h5-12,14-19,24-25,29H,3-4,13,20-21H2,1-2H3,(H,30,32). The number of thioether (sulfide) groups is 1. The molecule has 2 N–H and O–H groups in total. The first-order valence-corrected chi connectivity index (χ1v) is 12.6. The van der Waals surface area contributed by atoms with Crippen LogP contribution in [0.15, 0.2) is 90.1 Å². The van der Waals surface area contributed by atoms with Crippen LogP contribution in [-0.2, 0) is 4.79 Å². The average molecular weight is 463 g/mol. The van der Waals surface area contributed by atoms with Crippen molar-refractivity contribution in [1.82, 2.24) is 10.3 Å². The zero-order valence-corrected chi connectivity index (χ0v) is 20.3. The van der Waals surface area contributed by atoms with E-state index in [9.17, 15) is 4.79 Å². The molecule has 0 aliphatic rings. The Bertz CT molecular complexity index is 940. The maximum Gasteiger partial charge on any atom is 0.236 e. The summed E-state index contributed by atoms with van der Waals surface area (Å²) in [6.07, 6.45) is 4.46. The molecule has 1 aromatic heterocycles. The highest BCUT2D eigenvalue weighted by molar-refractivity contribution is 8.00. The van der Waals surface area contributed by atoms with Crippen molar-refractivity contribution < 1.29 is 4.79 Å². The third-order valence-electron chi connectivity index (χ3n) is 5.20. The molecule has 2 aromatic carbocycles. The summed E-state index contributed by atoms with van der Waals surface area (Å²) in [4.78, 5) is 20.3. The van der Waals surface area contributed by atoms with E-state index in [0.717, 1.165) is 42.2 Å². The van der Waals surface area contributed by atoms with E-state index >= 15 is 0 Å². The van der Waals surface area contributed by atoms with Gasteiger partial charge in [0.2, 0.25) is 5.91 Å². The number of rotatable bonds is 13. The highest BCUT2D eigenvalue weighted by Gasteiger charge is 2.25. The van der Waals surface area contributed by atoms with Crippen LogP contribution in [0, 0.1) is 0 Å². The van der Waals surface area contributed by atoms with Gasteiger partial charge in [0, 0.05) is 30.7 Å². The minimum atomic E-state index is -0.302. The lowest BCUT2D eigenvalue weighted by atomic mass is 10.2. The highest BCUT2D eigenvalue weighted by Crippen LogP contribution is 2.25. The third-order valence-corrected chi connectivity index (χ3v) is 6.33. The van der Waals surface area contributed by atoms with Gasteiger partial charge < -0.3 is 15.5 Å². The number of nitrogens with one attached hydrogen (secondary N) is 2. The van der Waals surface area contributed by atoms with Gasteiger partial charge in [-0.1, -0.05) is 74.5 Å². The molecule has 0 spiro atoms. The van der Waals surface area contributed by atoms with E-state index in [0.29, 0.717) is 6.54 Å². The quantitative estimate of drug-likeness (QED) is 0.248. The Labute approximate surface area is 202 Å². The molecule has 1 amide bonds. The number of para-hydroxylation sites is 2. The molecule has 6 heteroatoms. The number of nitrogens with zero attached hydrogens (tertiary/aromatic N) is 2. The fraction of sp³-hybridized carbons (Fsp3) is 0.333. The van der Waals surface area contributed by atoms with E-state index in [1.807, 2.05) is 66.7 Å². The topological polar surface area (TPSA) is 57.3 Å². The summed E-state index contributed by atoms with van der Waals surface area (Å²) in [5.41, 5.74) is 2.13. The molecule has 0 aliphatic heterocycles. The molecule has 1 heterocycles. The van der Waals surface area contributed by atoms with Gasteiger partial charge in [0.05, 0.1) is 11.2 Å². The average Bonchev–Trinajstić information content (AvgIpc) is 2.85. The molecular formula is C27H34N4OS. The van der Waals surface area contributed by atoms with Crippen LogP contribution in [0.4, 0.5) is 11.4 Å². The lowest BCUT2D eigenvalue weighted by Gasteiger charge is -2.30. The van der Waals surface area contributed by atoms with Crippen molar-refractivity contribution >= 4 is 29.0 Å². The van der Waals surface area contributed by atoms with E-state index in [1.54, 1.807) is 6.20 Å². The molecule has 174 valence electrons. The number of aromatic nitrogens is 1. The number of amides is 1. The SMILES string of the molecule is CCCC(NC(=O)C(CN(CCC)c1ccccc1)Sc1ccccn1)Nc1ccccc1. The highest BCUT2D eigenvalue weighted by atomic mass is 32.2. The number of carbonyl (C=O) groups is 1. The summed E-state index contributed by atoms with van der Waals surface area (Å²) in [6, 6.07) is 26.2. The van der Waals surface area contributed by atoms with Crippen LogP contribution in [0.25, 0.3) is 0 Å². The summed E-state index contributed by atoms with van der Waals surface area (Å²) in [5.74, 6) is 0.0181. The first-order valence-electron chi connectivity index (χ1n) is 11.7. The Hall–Kier alpha value is -2.99. The van der Waals surface area contributed by atoms with Crippen LogP contribution in [0.5, 0.6) is 0 Å². The first kappa shape index (κ1) is 24.6. The third kappa shape index (κ3) is 8.13. The van der Waals surface area contributed by atoms with Gasteiger partial charge in [0.1, 0.15) is 5.25 Å². The van der Waals surface area contributed by atoms with Crippen LogP contribution in [-0.4, -0.2) is 35.4 Å². The maximum atomic E-state index is 13.6. The monoisotopic (exact) mass is 462 g/mol. The lowest BCUT2D eigenvalue weighted by molar-refractivity contribution is -0.121. The Kier molecular flexibility index (Phi) is 10.1. The fourth-order valence-electron chi connectivity index (χ4n) is 3.64. The molecule has 0 fully saturated rings. The summed E-state index contributed by atoms with van der Waals surface area (Å²) in [6.45, 7) is 5.79. The molecule has 0 aliphatic carbocycles. The molecule has 0 radical (unpaired) electrons. The summed E-state index contributed by atoms with van der Waals surface area (Å²) in [5, 5.41) is 7.28. The molecule has 0 saturated carbocycles. The largest absolute Gasteiger partial charge is 0.370 e. The van der Waals surface area contributed by atoms with Crippen molar-refractivity contribution in [3.8, 4) is 0 Å². The number of anilines is 2. The van der Waals surface area contributed by atoms with E-state index in [-0.39, 0.29) is 17.3 Å². The number of carbonyl (C=O) groups excluding carboxylic acids is 1. The van der Waals surface area contributed by atoms with Gasteiger partial charge in [-0.05, 0) is 49.2 Å². The van der Waals surface area contributed by atoms with Crippen molar-refractivity contribution in [3.05, 3.63) is 85.1 Å². The number of benzene rings is 2. The van der Waals surface area contributed by atoms with Crippen LogP contribution in [0.1, 0.15) is 33.1 Å². The molecule has 3 aromatic rings. The van der Waals surface area contributed by atoms with Gasteiger partial charge in [-0.3, -0.25) is 4.79 Å². The molecule has 3 rings (SSSR count). The Morgan fingerprint density at radius 1 is 0.939 bits per heavy atom. The van der Waals surface area contributed by atoms with E-state index in [2.05, 4.69) is 46.5 Å². The zero-order chi connectivity index (χ0) is 23.3. The molecule has 5 nitrogen and oxygen atoms in total. The second-order valence-corrected chi connectivity index (χ2v) is 9.14. The van der Waals surface area contributed by atoms with Gasteiger partial charge in [-0.25, -0.2) is 4.98 Å². The van der Waals surface area contributed by atoms with Gasteiger partial charge >= 0.3 is 0 Å². The smallest absolute Gasteiger partial charge is 0.236 e. The Morgan fingerprint density at radius 2 is 1.64 bits per heavy atom. The fourth-order valence-corrected chi connectivity index (χ4v) is 4.64. The van der Waals surface area contributed by atoms with Crippen molar-refractivity contribution in [3.63, 3.8) is 0 Å². The van der Waals surface area contributed by atoms with Crippen LogP contribution < -0.4 is 15.5 Å². The first-order chi connectivity index (χ1) is 16.2. The van der Waals surface area contributed by atoms with E-state index < -0.39 is 0 Å². The second-order valence-electron chi connectivity index (χ2n) is 7.92. The molecule has 2 unspecified atom stereocenters. The summed E-state index contributed by atoms with van der Waals surface area (Å²) < 4.78 is 0. The van der Waals surface area contributed by atoms with E-state index in [4.69, 9.17) is 0 Å². The number of hydrogen-bond acceptors (Lipinski definition) is 5. The molecule has 2 atom stereocenters. The lowest BCUT2D eigenvalue weighted by Crippen LogP contribution is -2.48. The number of pyridine rings is 1. The van der Waals surface area contributed by atoms with Gasteiger partial charge in [0.15, 0.2) is 0 Å². The second kappa shape index (κ2) is 13.5. The van der Waals surface area contributed by atoms with Gasteiger partial charge in [-0.15, -0.1) is 0 Å². The minimum Gasteiger partial charge on any atom is -0.370 e. The van der Waals surface area contributed by atoms with E-state index in [1.165, 1.54) is 11.8 Å². The van der Waals surface area contributed by atoms with Crippen LogP contribution in [0.2, 0.25) is 0 Å². The van der Waals surface area contributed by atoms with Crippen molar-refractivity contribution in [2.75, 3.05) is 23.3 Å². The van der Waals surface area contributed by atoms with Crippen LogP contribution in [0.3, 0.4) is 0 Å². The normalized spacial score (nSPS) is 12.5. The minimum absolute atomic E-state index is 0.0181. The molecule has 33 heavy (non-hydrogen) atoms. The summed E-state index contributed by atoms with van der Waals surface area (Å²) >= 11 is 1.52. The predicted octanol–water partition coefficient (Wildman–Crippen LogP) is 5.81.